The van der Waals surface area contributed by atoms with Crippen molar-refractivity contribution < 1.29 is 9.53 Å². The minimum Gasteiger partial charge on any atom is -0.466 e. The molecule has 0 saturated carbocycles. The van der Waals surface area contributed by atoms with Crippen LogP contribution in [-0.4, -0.2) is 52.5 Å². The fourth-order valence-electron chi connectivity index (χ4n) is 8.23. The topological polar surface area (TPSA) is 64.4 Å². The number of benzene rings is 2. The predicted octanol–water partition coefficient (Wildman–Crippen LogP) is 5.03. The molecule has 2 aromatic heterocycles. The molecular weight excluding hydrogens is 460 g/mol. The molecule has 1 fully saturated rings. The molecule has 188 valence electrons. The summed E-state index contributed by atoms with van der Waals surface area (Å²) in [5.74, 6) is 0.228. The first kappa shape index (κ1) is 21.6. The first-order valence-corrected chi connectivity index (χ1v) is 13.6. The highest BCUT2D eigenvalue weighted by Crippen LogP contribution is 2.56. The number of aromatic amines is 2. The minimum absolute atomic E-state index is 0.129. The maximum absolute atomic E-state index is 13.2. The third-order valence-corrected chi connectivity index (χ3v) is 10.0. The Bertz CT molecular complexity index is 1610. The smallest absolute Gasteiger partial charge is 0.335 e. The average molecular weight is 493 g/mol. The van der Waals surface area contributed by atoms with E-state index in [0.29, 0.717) is 0 Å². The number of hydrogen-bond donors (Lipinski definition) is 2. The summed E-state index contributed by atoms with van der Waals surface area (Å²) in [5, 5.41) is 2.69. The lowest BCUT2D eigenvalue weighted by molar-refractivity contribution is -0.139. The van der Waals surface area contributed by atoms with Gasteiger partial charge >= 0.3 is 5.97 Å². The van der Waals surface area contributed by atoms with Gasteiger partial charge in [0.25, 0.3) is 0 Å². The van der Waals surface area contributed by atoms with Crippen LogP contribution in [-0.2, 0) is 27.9 Å². The minimum atomic E-state index is -0.208. The van der Waals surface area contributed by atoms with Crippen LogP contribution in [0.3, 0.4) is 0 Å². The molecule has 0 radical (unpaired) electrons. The number of methoxy groups -OCH3 is 1. The summed E-state index contributed by atoms with van der Waals surface area (Å²) in [7, 11) is 1.52. The highest BCUT2D eigenvalue weighted by molar-refractivity contribution is 5.90. The van der Waals surface area contributed by atoms with Crippen molar-refractivity contribution in [2.75, 3.05) is 26.7 Å². The number of esters is 1. The van der Waals surface area contributed by atoms with Gasteiger partial charge in [0, 0.05) is 70.9 Å². The Labute approximate surface area is 216 Å². The van der Waals surface area contributed by atoms with Crippen molar-refractivity contribution in [2.45, 2.75) is 37.8 Å². The lowest BCUT2D eigenvalue weighted by Gasteiger charge is -2.59. The third kappa shape index (κ3) is 2.77. The molecule has 0 amide bonds. The van der Waals surface area contributed by atoms with Gasteiger partial charge in [0.05, 0.1) is 24.3 Å². The Kier molecular flexibility index (Phi) is 4.38. The lowest BCUT2D eigenvalue weighted by atomic mass is 9.62. The largest absolute Gasteiger partial charge is 0.466 e. The highest BCUT2D eigenvalue weighted by atomic mass is 16.5. The number of H-pyrrole nitrogens is 2. The standard InChI is InChI=1S/C31H32N4O2/c1-31-24-17-34-13-11-20-18-7-3-5-9-25(18)32-28(20)27(34)15-22(24)23(30(36)37-2)16-35(31)14-12-21-19-8-4-6-10-26(19)33-29(21)31/h3-10,16,22,24,27,32-33H,11-15,17H2,1-2H3/t22-,24-,27+,31-/m0/s1. The first-order chi connectivity index (χ1) is 18.1. The number of nitrogens with one attached hydrogen (secondary N) is 2. The van der Waals surface area contributed by atoms with Crippen molar-refractivity contribution in [3.05, 3.63) is 82.8 Å². The van der Waals surface area contributed by atoms with E-state index in [1.54, 1.807) is 0 Å². The van der Waals surface area contributed by atoms with E-state index >= 15 is 0 Å². The van der Waals surface area contributed by atoms with Gasteiger partial charge in [0.2, 0.25) is 0 Å². The van der Waals surface area contributed by atoms with E-state index in [2.05, 4.69) is 81.4 Å². The number of carbonyl (C=O) groups excluding carboxylic acids is 1. The molecule has 4 aliphatic rings. The second-order valence-corrected chi connectivity index (χ2v) is 11.5. The van der Waals surface area contributed by atoms with E-state index in [4.69, 9.17) is 4.74 Å². The quantitative estimate of drug-likeness (QED) is 0.366. The van der Waals surface area contributed by atoms with Crippen molar-refractivity contribution in [3.8, 4) is 0 Å². The molecule has 37 heavy (non-hydrogen) atoms. The van der Waals surface area contributed by atoms with Gasteiger partial charge in [-0.05, 0) is 49.4 Å². The van der Waals surface area contributed by atoms with Crippen LogP contribution in [0.2, 0.25) is 0 Å². The number of aromatic nitrogens is 2. The molecule has 8 rings (SSSR count). The summed E-state index contributed by atoms with van der Waals surface area (Å²) >= 11 is 0. The highest BCUT2D eigenvalue weighted by Gasteiger charge is 2.56. The van der Waals surface area contributed by atoms with E-state index in [1.165, 1.54) is 51.4 Å². The van der Waals surface area contributed by atoms with E-state index < -0.39 is 0 Å². The number of hydrogen-bond acceptors (Lipinski definition) is 4. The molecule has 6 nitrogen and oxygen atoms in total. The Hall–Kier alpha value is -3.51. The van der Waals surface area contributed by atoms with Crippen LogP contribution in [0.15, 0.2) is 60.3 Å². The molecule has 4 atom stereocenters. The maximum atomic E-state index is 13.2. The van der Waals surface area contributed by atoms with Crippen molar-refractivity contribution in [3.63, 3.8) is 0 Å². The van der Waals surface area contributed by atoms with Crippen molar-refractivity contribution in [2.24, 2.45) is 11.8 Å². The summed E-state index contributed by atoms with van der Waals surface area (Å²) in [4.78, 5) is 25.9. The van der Waals surface area contributed by atoms with Crippen LogP contribution in [0.1, 0.15) is 41.9 Å². The molecule has 2 aromatic carbocycles. The van der Waals surface area contributed by atoms with Gasteiger partial charge in [-0.15, -0.1) is 0 Å². The second kappa shape index (κ2) is 7.51. The van der Waals surface area contributed by atoms with E-state index in [9.17, 15) is 4.79 Å². The molecule has 4 aromatic rings. The maximum Gasteiger partial charge on any atom is 0.335 e. The van der Waals surface area contributed by atoms with Crippen LogP contribution in [0.4, 0.5) is 0 Å². The Morgan fingerprint density at radius 1 is 0.973 bits per heavy atom. The summed E-state index contributed by atoms with van der Waals surface area (Å²) in [6, 6.07) is 17.6. The van der Waals surface area contributed by atoms with Crippen LogP contribution in [0, 0.1) is 11.8 Å². The van der Waals surface area contributed by atoms with Crippen molar-refractivity contribution >= 4 is 27.8 Å². The number of piperidine rings is 1. The monoisotopic (exact) mass is 492 g/mol. The number of para-hydroxylation sites is 2. The molecule has 0 bridgehead atoms. The lowest BCUT2D eigenvalue weighted by Crippen LogP contribution is -2.62. The number of fused-ring (bicyclic) bond motifs is 12. The summed E-state index contributed by atoms with van der Waals surface area (Å²) in [5.41, 5.74) is 8.64. The third-order valence-electron chi connectivity index (χ3n) is 10.0. The molecular formula is C31H32N4O2. The van der Waals surface area contributed by atoms with Crippen molar-refractivity contribution in [1.82, 2.24) is 19.8 Å². The molecule has 6 heteroatoms. The zero-order chi connectivity index (χ0) is 24.9. The van der Waals surface area contributed by atoms with Gasteiger partial charge in [-0.25, -0.2) is 4.79 Å². The van der Waals surface area contributed by atoms with Gasteiger partial charge in [-0.3, -0.25) is 4.90 Å². The number of rotatable bonds is 1. The van der Waals surface area contributed by atoms with Crippen LogP contribution in [0.5, 0.6) is 0 Å². The normalized spacial score (nSPS) is 28.6. The van der Waals surface area contributed by atoms with E-state index in [-0.39, 0.29) is 29.4 Å². The van der Waals surface area contributed by atoms with Gasteiger partial charge in [-0.2, -0.15) is 0 Å². The Balaban J connectivity index is 1.28. The number of ether oxygens (including phenoxy) is 1. The molecule has 0 unspecified atom stereocenters. The van der Waals surface area contributed by atoms with Gasteiger partial charge in [0.1, 0.15) is 0 Å². The van der Waals surface area contributed by atoms with Gasteiger partial charge in [0.15, 0.2) is 0 Å². The molecule has 2 N–H and O–H groups in total. The molecule has 1 saturated heterocycles. The zero-order valence-electron chi connectivity index (χ0n) is 21.4. The second-order valence-electron chi connectivity index (χ2n) is 11.5. The van der Waals surface area contributed by atoms with Crippen LogP contribution < -0.4 is 0 Å². The van der Waals surface area contributed by atoms with E-state index in [0.717, 1.165) is 44.5 Å². The summed E-state index contributed by atoms with van der Waals surface area (Å²) < 4.78 is 5.36. The van der Waals surface area contributed by atoms with Crippen LogP contribution >= 0.6 is 0 Å². The summed E-state index contributed by atoms with van der Waals surface area (Å²) in [6.07, 6.45) is 5.10. The molecule has 4 aliphatic heterocycles. The SMILES string of the molecule is COC(=O)C1=CN2CCc3c([nH]c4ccccc34)[C@]2(C)[C@H]2CN3CCc4c([nH]c5ccccc45)[C@H]3C[C@@H]12. The predicted molar refractivity (Wildman–Crippen MR) is 144 cm³/mol. The average Bonchev–Trinajstić information content (AvgIpc) is 3.51. The Morgan fingerprint density at radius 2 is 1.68 bits per heavy atom. The summed E-state index contributed by atoms with van der Waals surface area (Å²) in [6.45, 7) is 5.32. The molecule has 0 spiro atoms. The molecule has 0 aliphatic carbocycles. The van der Waals surface area contributed by atoms with E-state index in [1.807, 2.05) is 0 Å². The molecule has 6 heterocycles. The fourth-order valence-corrected chi connectivity index (χ4v) is 8.23. The number of nitrogens with zero attached hydrogens (tertiary/aromatic N) is 2. The van der Waals surface area contributed by atoms with Gasteiger partial charge < -0.3 is 19.6 Å². The first-order valence-electron chi connectivity index (χ1n) is 13.6. The Morgan fingerprint density at radius 3 is 2.46 bits per heavy atom. The van der Waals surface area contributed by atoms with Crippen LogP contribution in [0.25, 0.3) is 21.8 Å². The van der Waals surface area contributed by atoms with Crippen molar-refractivity contribution in [1.29, 1.82) is 0 Å². The zero-order valence-corrected chi connectivity index (χ0v) is 21.4. The fraction of sp³-hybridized carbons (Fsp3) is 0.387. The van der Waals surface area contributed by atoms with Gasteiger partial charge in [-0.1, -0.05) is 36.4 Å². The number of carbonyl (C=O) groups is 1.